The Morgan fingerprint density at radius 2 is 2.10 bits per heavy atom. The van der Waals surface area contributed by atoms with Crippen molar-refractivity contribution in [3.05, 3.63) is 0 Å². The minimum atomic E-state index is -0.0689. The minimum absolute atomic E-state index is 0. The second-order valence-electron chi connectivity index (χ2n) is 7.16. The SMILES string of the molecule is CCCC1(CNC(=O)[C@@]23CCCC[C@H]2CNC3)CC1.Cl. The molecule has 0 spiro atoms. The molecule has 1 heterocycles. The number of fused-ring (bicyclic) bond motifs is 1. The van der Waals surface area contributed by atoms with Gasteiger partial charge in [0, 0.05) is 13.1 Å². The number of carbonyl (C=O) groups is 1. The molecule has 1 aliphatic heterocycles. The van der Waals surface area contributed by atoms with E-state index in [0.29, 0.717) is 17.2 Å². The van der Waals surface area contributed by atoms with E-state index in [1.54, 1.807) is 0 Å². The summed E-state index contributed by atoms with van der Waals surface area (Å²) in [6, 6.07) is 0. The Bertz CT molecular complexity index is 356. The number of carbonyl (C=O) groups excluding carboxylic acids is 1. The molecule has 1 amide bonds. The largest absolute Gasteiger partial charge is 0.355 e. The van der Waals surface area contributed by atoms with Crippen LogP contribution in [-0.2, 0) is 4.79 Å². The molecular formula is C16H29ClN2O. The third kappa shape index (κ3) is 2.85. The minimum Gasteiger partial charge on any atom is -0.355 e. The van der Waals surface area contributed by atoms with Crippen molar-refractivity contribution in [2.45, 2.75) is 58.3 Å². The lowest BCUT2D eigenvalue weighted by Crippen LogP contribution is -2.49. The molecule has 2 saturated carbocycles. The van der Waals surface area contributed by atoms with E-state index in [9.17, 15) is 4.79 Å². The van der Waals surface area contributed by atoms with Gasteiger partial charge in [-0.15, -0.1) is 12.4 Å². The number of rotatable bonds is 5. The Kier molecular flexibility index (Phi) is 5.01. The summed E-state index contributed by atoms with van der Waals surface area (Å²) in [6.07, 6.45) is 10.0. The topological polar surface area (TPSA) is 41.1 Å². The highest BCUT2D eigenvalue weighted by molar-refractivity contribution is 5.85. The maximum absolute atomic E-state index is 12.7. The lowest BCUT2D eigenvalue weighted by molar-refractivity contribution is -0.134. The van der Waals surface area contributed by atoms with E-state index in [4.69, 9.17) is 0 Å². The lowest BCUT2D eigenvalue weighted by Gasteiger charge is -2.37. The standard InChI is InChI=1S/C16H28N2O.ClH/c1-2-6-15(8-9-15)11-18-14(19)16-7-4-3-5-13(16)10-17-12-16;/h13,17H,2-12H2,1H3,(H,18,19);1H/t13-,16+;/m0./s1. The summed E-state index contributed by atoms with van der Waals surface area (Å²) in [7, 11) is 0. The fourth-order valence-corrected chi connectivity index (χ4v) is 4.36. The van der Waals surface area contributed by atoms with Crippen molar-refractivity contribution in [1.29, 1.82) is 0 Å². The second-order valence-corrected chi connectivity index (χ2v) is 7.16. The Labute approximate surface area is 129 Å². The van der Waals surface area contributed by atoms with Crippen LogP contribution in [0.15, 0.2) is 0 Å². The highest BCUT2D eigenvalue weighted by atomic mass is 35.5. The average molecular weight is 301 g/mol. The van der Waals surface area contributed by atoms with Crippen LogP contribution in [0.5, 0.6) is 0 Å². The van der Waals surface area contributed by atoms with E-state index in [2.05, 4.69) is 17.6 Å². The van der Waals surface area contributed by atoms with Crippen LogP contribution in [0.4, 0.5) is 0 Å². The van der Waals surface area contributed by atoms with Crippen molar-refractivity contribution in [2.75, 3.05) is 19.6 Å². The zero-order chi connectivity index (χ0) is 13.3. The summed E-state index contributed by atoms with van der Waals surface area (Å²) in [6.45, 7) is 5.13. The van der Waals surface area contributed by atoms with Gasteiger partial charge in [-0.3, -0.25) is 4.79 Å². The molecule has 0 radical (unpaired) electrons. The summed E-state index contributed by atoms with van der Waals surface area (Å²) in [5.41, 5.74) is 0.401. The fourth-order valence-electron chi connectivity index (χ4n) is 4.36. The van der Waals surface area contributed by atoms with Gasteiger partial charge >= 0.3 is 0 Å². The molecule has 1 saturated heterocycles. The summed E-state index contributed by atoms with van der Waals surface area (Å²) < 4.78 is 0. The Morgan fingerprint density at radius 3 is 2.80 bits per heavy atom. The van der Waals surface area contributed by atoms with Gasteiger partial charge in [0.15, 0.2) is 0 Å². The zero-order valence-corrected chi connectivity index (χ0v) is 13.5. The predicted octanol–water partition coefficient (Wildman–Crippen LogP) is 2.88. The lowest BCUT2D eigenvalue weighted by atomic mass is 9.67. The number of nitrogens with one attached hydrogen (secondary N) is 2. The van der Waals surface area contributed by atoms with Crippen LogP contribution in [0.3, 0.4) is 0 Å². The summed E-state index contributed by atoms with van der Waals surface area (Å²) in [5, 5.41) is 6.79. The van der Waals surface area contributed by atoms with Crippen LogP contribution < -0.4 is 10.6 Å². The van der Waals surface area contributed by atoms with Crippen molar-refractivity contribution in [3.8, 4) is 0 Å². The molecule has 3 aliphatic rings. The van der Waals surface area contributed by atoms with Gasteiger partial charge in [-0.2, -0.15) is 0 Å². The van der Waals surface area contributed by atoms with Gasteiger partial charge in [0.05, 0.1) is 5.41 Å². The normalized spacial score (nSPS) is 34.0. The second kappa shape index (κ2) is 6.23. The molecule has 3 nitrogen and oxygen atoms in total. The van der Waals surface area contributed by atoms with E-state index >= 15 is 0 Å². The number of hydrogen-bond donors (Lipinski definition) is 2. The van der Waals surface area contributed by atoms with Crippen LogP contribution in [0, 0.1) is 16.7 Å². The Morgan fingerprint density at radius 1 is 1.30 bits per heavy atom. The van der Waals surface area contributed by atoms with Crippen LogP contribution in [0.2, 0.25) is 0 Å². The van der Waals surface area contributed by atoms with E-state index in [1.807, 2.05) is 0 Å². The molecule has 0 aromatic rings. The Balaban J connectivity index is 0.00000147. The Hall–Kier alpha value is -0.280. The number of halogens is 1. The van der Waals surface area contributed by atoms with Gasteiger partial charge < -0.3 is 10.6 Å². The van der Waals surface area contributed by atoms with Gasteiger partial charge in [0.25, 0.3) is 0 Å². The van der Waals surface area contributed by atoms with Gasteiger partial charge in [-0.05, 0) is 50.0 Å². The van der Waals surface area contributed by atoms with E-state index in [0.717, 1.165) is 26.1 Å². The summed E-state index contributed by atoms with van der Waals surface area (Å²) >= 11 is 0. The highest BCUT2D eigenvalue weighted by Crippen LogP contribution is 2.49. The van der Waals surface area contributed by atoms with Crippen LogP contribution in [0.25, 0.3) is 0 Å². The van der Waals surface area contributed by atoms with Gasteiger partial charge in [0.1, 0.15) is 0 Å². The van der Waals surface area contributed by atoms with Crippen molar-refractivity contribution in [1.82, 2.24) is 10.6 Å². The maximum Gasteiger partial charge on any atom is 0.227 e. The van der Waals surface area contributed by atoms with E-state index in [-0.39, 0.29) is 17.8 Å². The molecule has 116 valence electrons. The molecule has 0 unspecified atom stereocenters. The van der Waals surface area contributed by atoms with E-state index in [1.165, 1.54) is 44.9 Å². The van der Waals surface area contributed by atoms with Crippen LogP contribution in [-0.4, -0.2) is 25.5 Å². The first-order valence-corrected chi connectivity index (χ1v) is 8.20. The summed E-state index contributed by atoms with van der Waals surface area (Å²) in [5.74, 6) is 0.937. The zero-order valence-electron chi connectivity index (χ0n) is 12.7. The third-order valence-electron chi connectivity index (χ3n) is 5.85. The molecule has 3 fully saturated rings. The third-order valence-corrected chi connectivity index (χ3v) is 5.85. The van der Waals surface area contributed by atoms with Gasteiger partial charge in [0.2, 0.25) is 5.91 Å². The van der Waals surface area contributed by atoms with Gasteiger partial charge in [-0.1, -0.05) is 26.2 Å². The molecule has 0 aromatic heterocycles. The molecule has 4 heteroatoms. The van der Waals surface area contributed by atoms with E-state index < -0.39 is 0 Å². The molecule has 2 atom stereocenters. The molecule has 0 aromatic carbocycles. The first kappa shape index (κ1) is 16.1. The number of amides is 1. The average Bonchev–Trinajstić information content (AvgIpc) is 3.04. The molecule has 0 bridgehead atoms. The monoisotopic (exact) mass is 300 g/mol. The summed E-state index contributed by atoms with van der Waals surface area (Å²) in [4.78, 5) is 12.7. The van der Waals surface area contributed by atoms with Crippen LogP contribution in [0.1, 0.15) is 58.3 Å². The smallest absolute Gasteiger partial charge is 0.227 e. The first-order chi connectivity index (χ1) is 9.21. The molecule has 20 heavy (non-hydrogen) atoms. The van der Waals surface area contributed by atoms with Crippen LogP contribution >= 0.6 is 12.4 Å². The molecule has 2 N–H and O–H groups in total. The first-order valence-electron chi connectivity index (χ1n) is 8.20. The number of hydrogen-bond acceptors (Lipinski definition) is 2. The quantitative estimate of drug-likeness (QED) is 0.820. The molecule has 2 aliphatic carbocycles. The van der Waals surface area contributed by atoms with Crippen molar-refractivity contribution < 1.29 is 4.79 Å². The highest BCUT2D eigenvalue weighted by Gasteiger charge is 2.50. The van der Waals surface area contributed by atoms with Crippen molar-refractivity contribution in [3.63, 3.8) is 0 Å². The molecular weight excluding hydrogens is 272 g/mol. The fraction of sp³-hybridized carbons (Fsp3) is 0.938. The predicted molar refractivity (Wildman–Crippen MR) is 84.1 cm³/mol. The van der Waals surface area contributed by atoms with Crippen molar-refractivity contribution in [2.24, 2.45) is 16.7 Å². The van der Waals surface area contributed by atoms with Gasteiger partial charge in [-0.25, -0.2) is 0 Å². The maximum atomic E-state index is 12.7. The van der Waals surface area contributed by atoms with Crippen molar-refractivity contribution >= 4 is 18.3 Å². The molecule has 3 rings (SSSR count).